The molecule has 1 amide bonds. The molecule has 18 heavy (non-hydrogen) atoms. The number of aromatic amines is 1. The lowest BCUT2D eigenvalue weighted by Crippen LogP contribution is -2.27. The van der Waals surface area contributed by atoms with Gasteiger partial charge in [-0.15, -0.1) is 0 Å². The molecule has 1 aromatic heterocycles. The summed E-state index contributed by atoms with van der Waals surface area (Å²) in [5.74, 6) is -0.522. The molecule has 1 aliphatic rings. The number of fused-ring (bicyclic) bond motifs is 1. The summed E-state index contributed by atoms with van der Waals surface area (Å²) in [4.78, 5) is 26.7. The van der Waals surface area contributed by atoms with Gasteiger partial charge in [-0.05, 0) is 12.1 Å². The molecule has 0 bridgehead atoms. The third-order valence-electron chi connectivity index (χ3n) is 2.85. The number of nitrogens with zero attached hydrogens (tertiary/aromatic N) is 1. The Morgan fingerprint density at radius 1 is 1.44 bits per heavy atom. The Balaban J connectivity index is 1.99. The maximum Gasteiger partial charge on any atom is 0.417 e. The van der Waals surface area contributed by atoms with Crippen molar-refractivity contribution < 1.29 is 13.9 Å². The Morgan fingerprint density at radius 3 is 3.00 bits per heavy atom. The van der Waals surface area contributed by atoms with E-state index in [2.05, 4.69) is 4.98 Å². The van der Waals surface area contributed by atoms with Crippen LogP contribution >= 0.6 is 0 Å². The molecule has 3 rings (SSSR count). The molecule has 0 radical (unpaired) electrons. The van der Waals surface area contributed by atoms with Crippen LogP contribution in [0.4, 0.5) is 10.5 Å². The summed E-state index contributed by atoms with van der Waals surface area (Å²) in [5.41, 5.74) is 7.07. The number of H-pyrrole nitrogens is 1. The third kappa shape index (κ3) is 1.65. The van der Waals surface area contributed by atoms with E-state index in [1.165, 1.54) is 4.90 Å². The number of anilines is 1. The van der Waals surface area contributed by atoms with Crippen molar-refractivity contribution in [3.05, 3.63) is 28.7 Å². The summed E-state index contributed by atoms with van der Waals surface area (Å²) in [6.45, 7) is 0.680. The topological polar surface area (TPSA) is 102 Å². The minimum atomic E-state index is -0.522. The molecule has 94 valence electrons. The second-order valence-corrected chi connectivity index (χ2v) is 4.05. The minimum absolute atomic E-state index is 0.281. The molecule has 2 heterocycles. The van der Waals surface area contributed by atoms with E-state index >= 15 is 0 Å². The van der Waals surface area contributed by atoms with Gasteiger partial charge in [-0.1, -0.05) is 0 Å². The highest BCUT2D eigenvalue weighted by molar-refractivity contribution is 5.92. The summed E-state index contributed by atoms with van der Waals surface area (Å²) < 4.78 is 10.00. The number of nitrogens with one attached hydrogen (secondary N) is 1. The van der Waals surface area contributed by atoms with Crippen LogP contribution in [0.1, 0.15) is 0 Å². The average molecular weight is 249 g/mol. The smallest absolute Gasteiger partial charge is 0.417 e. The van der Waals surface area contributed by atoms with E-state index < -0.39 is 11.8 Å². The Hall–Kier alpha value is -2.28. The van der Waals surface area contributed by atoms with Gasteiger partial charge in [-0.2, -0.15) is 0 Å². The average Bonchev–Trinajstić information content (AvgIpc) is 2.89. The predicted molar refractivity (Wildman–Crippen MR) is 63.5 cm³/mol. The van der Waals surface area contributed by atoms with Crippen LogP contribution in [0.25, 0.3) is 11.1 Å². The zero-order valence-electron chi connectivity index (χ0n) is 9.38. The van der Waals surface area contributed by atoms with Crippen LogP contribution in [0.3, 0.4) is 0 Å². The number of benzene rings is 1. The summed E-state index contributed by atoms with van der Waals surface area (Å²) in [6.07, 6.45) is -0.742. The standard InChI is InChI=1S/C11H11N3O4/c12-4-7-5-14(11(16)17-7)6-1-2-8-9(3-6)18-10(15)13-8/h1-3,7H,4-5,12H2,(H,13,15). The fraction of sp³-hybridized carbons (Fsp3) is 0.273. The molecule has 0 aliphatic carbocycles. The number of carbonyl (C=O) groups is 1. The zero-order chi connectivity index (χ0) is 12.7. The van der Waals surface area contributed by atoms with Crippen LogP contribution in [0.2, 0.25) is 0 Å². The number of carbonyl (C=O) groups excluding carboxylic acids is 1. The van der Waals surface area contributed by atoms with Crippen molar-refractivity contribution in [2.24, 2.45) is 5.73 Å². The highest BCUT2D eigenvalue weighted by Crippen LogP contribution is 2.24. The second kappa shape index (κ2) is 3.88. The summed E-state index contributed by atoms with van der Waals surface area (Å²) in [5, 5.41) is 0. The molecular weight excluding hydrogens is 238 g/mol. The first kappa shape index (κ1) is 10.8. The molecule has 0 spiro atoms. The van der Waals surface area contributed by atoms with Crippen LogP contribution in [-0.2, 0) is 4.74 Å². The van der Waals surface area contributed by atoms with Crippen LogP contribution in [0.5, 0.6) is 0 Å². The van der Waals surface area contributed by atoms with Crippen molar-refractivity contribution >= 4 is 22.9 Å². The molecule has 0 saturated carbocycles. The van der Waals surface area contributed by atoms with Gasteiger partial charge in [0.15, 0.2) is 5.58 Å². The predicted octanol–water partition coefficient (Wildman–Crippen LogP) is 0.405. The van der Waals surface area contributed by atoms with Crippen molar-refractivity contribution in [2.75, 3.05) is 18.0 Å². The number of ether oxygens (including phenoxy) is 1. The molecule has 1 atom stereocenters. The van der Waals surface area contributed by atoms with Gasteiger partial charge in [0, 0.05) is 12.6 Å². The van der Waals surface area contributed by atoms with Gasteiger partial charge in [0.2, 0.25) is 0 Å². The SMILES string of the molecule is NCC1CN(c2ccc3[nH]c(=O)oc3c2)C(=O)O1. The van der Waals surface area contributed by atoms with E-state index in [0.29, 0.717) is 23.3 Å². The number of amides is 1. The molecule has 2 aromatic rings. The first-order valence-corrected chi connectivity index (χ1v) is 5.48. The van der Waals surface area contributed by atoms with E-state index in [4.69, 9.17) is 14.9 Å². The zero-order valence-corrected chi connectivity index (χ0v) is 9.38. The molecule has 1 aliphatic heterocycles. The third-order valence-corrected chi connectivity index (χ3v) is 2.85. The van der Waals surface area contributed by atoms with Gasteiger partial charge < -0.3 is 14.9 Å². The number of hydrogen-bond acceptors (Lipinski definition) is 5. The largest absolute Gasteiger partial charge is 0.443 e. The Labute approximate surface area is 101 Å². The van der Waals surface area contributed by atoms with Gasteiger partial charge in [-0.3, -0.25) is 9.88 Å². The number of rotatable bonds is 2. The number of oxazole rings is 1. The van der Waals surface area contributed by atoms with Crippen LogP contribution in [0.15, 0.2) is 27.4 Å². The minimum Gasteiger partial charge on any atom is -0.443 e. The van der Waals surface area contributed by atoms with Crippen LogP contribution in [0, 0.1) is 0 Å². The van der Waals surface area contributed by atoms with Crippen molar-refractivity contribution in [3.63, 3.8) is 0 Å². The maximum absolute atomic E-state index is 11.6. The van der Waals surface area contributed by atoms with E-state index in [1.807, 2.05) is 0 Å². The van der Waals surface area contributed by atoms with Gasteiger partial charge in [0.05, 0.1) is 17.7 Å². The highest BCUT2D eigenvalue weighted by atomic mass is 16.6. The second-order valence-electron chi connectivity index (χ2n) is 4.05. The first-order chi connectivity index (χ1) is 8.67. The number of aromatic nitrogens is 1. The number of hydrogen-bond donors (Lipinski definition) is 2. The first-order valence-electron chi connectivity index (χ1n) is 5.48. The van der Waals surface area contributed by atoms with Gasteiger partial charge in [0.1, 0.15) is 6.10 Å². The van der Waals surface area contributed by atoms with Crippen molar-refractivity contribution in [3.8, 4) is 0 Å². The maximum atomic E-state index is 11.6. The van der Waals surface area contributed by atoms with Crippen LogP contribution < -0.4 is 16.4 Å². The van der Waals surface area contributed by atoms with E-state index in [0.717, 1.165) is 0 Å². The molecular formula is C11H11N3O4. The van der Waals surface area contributed by atoms with Gasteiger partial charge in [-0.25, -0.2) is 9.59 Å². The van der Waals surface area contributed by atoms with E-state index in [-0.39, 0.29) is 12.6 Å². The molecule has 3 N–H and O–H groups in total. The number of nitrogens with two attached hydrogens (primary N) is 1. The summed E-state index contributed by atoms with van der Waals surface area (Å²) in [7, 11) is 0. The lowest BCUT2D eigenvalue weighted by molar-refractivity contribution is 0.145. The van der Waals surface area contributed by atoms with Crippen molar-refractivity contribution in [1.82, 2.24) is 4.98 Å². The monoisotopic (exact) mass is 249 g/mol. The quantitative estimate of drug-likeness (QED) is 0.802. The van der Waals surface area contributed by atoms with Gasteiger partial charge in [0.25, 0.3) is 0 Å². The molecule has 1 aromatic carbocycles. The lowest BCUT2D eigenvalue weighted by Gasteiger charge is -2.12. The van der Waals surface area contributed by atoms with Crippen molar-refractivity contribution in [1.29, 1.82) is 0 Å². The van der Waals surface area contributed by atoms with Gasteiger partial charge >= 0.3 is 11.8 Å². The normalized spacial score (nSPS) is 19.5. The fourth-order valence-corrected chi connectivity index (χ4v) is 1.96. The van der Waals surface area contributed by atoms with E-state index in [1.54, 1.807) is 18.2 Å². The van der Waals surface area contributed by atoms with E-state index in [9.17, 15) is 9.59 Å². The summed E-state index contributed by atoms with van der Waals surface area (Å²) >= 11 is 0. The molecule has 1 fully saturated rings. The summed E-state index contributed by atoms with van der Waals surface area (Å²) in [6, 6.07) is 5.01. The Morgan fingerprint density at radius 2 is 2.28 bits per heavy atom. The highest BCUT2D eigenvalue weighted by Gasteiger charge is 2.31. The molecule has 1 saturated heterocycles. The molecule has 1 unspecified atom stereocenters. The van der Waals surface area contributed by atoms with Crippen molar-refractivity contribution in [2.45, 2.75) is 6.10 Å². The Bertz CT molecular complexity index is 660. The van der Waals surface area contributed by atoms with Crippen LogP contribution in [-0.4, -0.2) is 30.3 Å². The molecule has 7 nitrogen and oxygen atoms in total. The fourth-order valence-electron chi connectivity index (χ4n) is 1.96. The molecule has 7 heteroatoms. The Kier molecular flexibility index (Phi) is 2.34. The number of cyclic esters (lactones) is 1. The lowest BCUT2D eigenvalue weighted by atomic mass is 10.2.